The Labute approximate surface area is 185 Å². The molecule has 1 aliphatic heterocycles. The van der Waals surface area contributed by atoms with E-state index >= 15 is 0 Å². The van der Waals surface area contributed by atoms with Gasteiger partial charge in [0.15, 0.2) is 16.6 Å². The number of anilines is 1. The summed E-state index contributed by atoms with van der Waals surface area (Å²) in [6.07, 6.45) is 2.38. The summed E-state index contributed by atoms with van der Waals surface area (Å²) in [7, 11) is 1.54. The Kier molecular flexibility index (Phi) is 6.74. The summed E-state index contributed by atoms with van der Waals surface area (Å²) in [5.74, 6) is 0.0230. The number of hydrogen-bond donors (Lipinski definition) is 1. The molecular weight excluding hydrogens is 424 g/mol. The van der Waals surface area contributed by atoms with Crippen molar-refractivity contribution < 1.29 is 19.1 Å². The van der Waals surface area contributed by atoms with E-state index in [1.165, 1.54) is 18.1 Å². The first-order chi connectivity index (χ1) is 14.3. The van der Waals surface area contributed by atoms with Crippen LogP contribution in [0.15, 0.2) is 48.0 Å². The van der Waals surface area contributed by atoms with Crippen LogP contribution >= 0.6 is 23.8 Å². The molecule has 156 valence electrons. The molecule has 0 spiro atoms. The second-order valence-electron chi connectivity index (χ2n) is 6.68. The van der Waals surface area contributed by atoms with E-state index in [1.54, 1.807) is 42.5 Å². The average molecular weight is 445 g/mol. The van der Waals surface area contributed by atoms with Gasteiger partial charge >= 0.3 is 0 Å². The fourth-order valence-corrected chi connectivity index (χ4v) is 3.23. The molecule has 0 aliphatic carbocycles. The van der Waals surface area contributed by atoms with Crippen LogP contribution < -0.4 is 19.7 Å². The highest BCUT2D eigenvalue weighted by Gasteiger charge is 2.34. The highest BCUT2D eigenvalue weighted by Crippen LogP contribution is 2.31. The summed E-state index contributed by atoms with van der Waals surface area (Å²) in [6, 6.07) is 11.8. The number of rotatable bonds is 6. The van der Waals surface area contributed by atoms with Crippen LogP contribution in [0.1, 0.15) is 25.8 Å². The first-order valence-corrected chi connectivity index (χ1v) is 10.1. The lowest BCUT2D eigenvalue weighted by Gasteiger charge is -2.29. The lowest BCUT2D eigenvalue weighted by Crippen LogP contribution is -2.54. The highest BCUT2D eigenvalue weighted by molar-refractivity contribution is 7.80. The molecule has 1 N–H and O–H groups in total. The smallest absolute Gasteiger partial charge is 0.270 e. The minimum absolute atomic E-state index is 0.0133. The van der Waals surface area contributed by atoms with E-state index in [0.29, 0.717) is 27.8 Å². The maximum atomic E-state index is 13.1. The largest absolute Gasteiger partial charge is 0.493 e. The lowest BCUT2D eigenvalue weighted by atomic mass is 10.1. The first-order valence-electron chi connectivity index (χ1n) is 9.35. The third kappa shape index (κ3) is 4.63. The molecule has 1 aliphatic rings. The number of carbonyl (C=O) groups excluding carboxylic acids is 2. The third-order valence-corrected chi connectivity index (χ3v) is 5.12. The zero-order valence-electron chi connectivity index (χ0n) is 16.8. The molecular formula is C22H21ClN2O4S. The van der Waals surface area contributed by atoms with Crippen molar-refractivity contribution in [2.75, 3.05) is 12.0 Å². The van der Waals surface area contributed by atoms with Gasteiger partial charge in [0.1, 0.15) is 5.57 Å². The molecule has 8 heteroatoms. The Morgan fingerprint density at radius 2 is 1.87 bits per heavy atom. The Bertz CT molecular complexity index is 1020. The molecule has 2 aromatic rings. The van der Waals surface area contributed by atoms with Crippen LogP contribution in [0.3, 0.4) is 0 Å². The van der Waals surface area contributed by atoms with Gasteiger partial charge < -0.3 is 9.47 Å². The predicted octanol–water partition coefficient (Wildman–Crippen LogP) is 4.36. The van der Waals surface area contributed by atoms with Gasteiger partial charge in [-0.1, -0.05) is 24.6 Å². The van der Waals surface area contributed by atoms with Crippen molar-refractivity contribution in [3.63, 3.8) is 0 Å². The van der Waals surface area contributed by atoms with E-state index in [0.717, 1.165) is 6.42 Å². The normalized spacial score (nSPS) is 16.5. The fraction of sp³-hybridized carbons (Fsp3) is 0.227. The molecule has 0 aromatic heterocycles. The summed E-state index contributed by atoms with van der Waals surface area (Å²) in [5.41, 5.74) is 1.08. The Balaban J connectivity index is 1.95. The molecule has 0 bridgehead atoms. The molecule has 0 saturated carbocycles. The number of amides is 2. The molecule has 1 saturated heterocycles. The summed E-state index contributed by atoms with van der Waals surface area (Å²) in [5, 5.41) is 3.10. The molecule has 2 aromatic carbocycles. The maximum absolute atomic E-state index is 13.1. The van der Waals surface area contributed by atoms with E-state index in [2.05, 4.69) is 5.32 Å². The summed E-state index contributed by atoms with van der Waals surface area (Å²) in [4.78, 5) is 26.8. The van der Waals surface area contributed by atoms with Crippen molar-refractivity contribution in [3.05, 3.63) is 58.6 Å². The lowest BCUT2D eigenvalue weighted by molar-refractivity contribution is -0.122. The molecule has 3 rings (SSSR count). The topological polar surface area (TPSA) is 67.9 Å². The molecule has 0 unspecified atom stereocenters. The number of nitrogens with one attached hydrogen (secondary N) is 1. The van der Waals surface area contributed by atoms with E-state index in [9.17, 15) is 9.59 Å². The zero-order valence-corrected chi connectivity index (χ0v) is 18.3. The van der Waals surface area contributed by atoms with Crippen molar-refractivity contribution in [3.8, 4) is 11.5 Å². The maximum Gasteiger partial charge on any atom is 0.270 e. The van der Waals surface area contributed by atoms with E-state index < -0.39 is 11.8 Å². The number of hydrogen-bond acceptors (Lipinski definition) is 5. The number of carbonyl (C=O) groups is 2. The van der Waals surface area contributed by atoms with Crippen LogP contribution in [0.5, 0.6) is 11.5 Å². The van der Waals surface area contributed by atoms with Crippen molar-refractivity contribution >= 4 is 52.5 Å². The van der Waals surface area contributed by atoms with Crippen LogP contribution in [0.4, 0.5) is 5.69 Å². The van der Waals surface area contributed by atoms with Crippen molar-refractivity contribution in [1.29, 1.82) is 0 Å². The van der Waals surface area contributed by atoms with Crippen LogP contribution in [-0.2, 0) is 9.59 Å². The second-order valence-corrected chi connectivity index (χ2v) is 7.50. The van der Waals surface area contributed by atoms with Gasteiger partial charge in [-0.2, -0.15) is 0 Å². The van der Waals surface area contributed by atoms with Gasteiger partial charge in [0.05, 0.1) is 18.9 Å². The minimum atomic E-state index is -0.561. The van der Waals surface area contributed by atoms with Gasteiger partial charge in [0.2, 0.25) is 0 Å². The number of thiocarbonyl (C=S) groups is 1. The van der Waals surface area contributed by atoms with E-state index in [4.69, 9.17) is 33.3 Å². The standard InChI is InChI=1S/C22H21ClN2O4S/c1-4-13(2)29-18-10-5-14(12-19(18)28-3)11-17-20(26)24-22(30)25(21(17)27)16-8-6-15(23)7-9-16/h5-13H,4H2,1-3H3,(H,24,26,30)/b17-11+/t13-/m1/s1. The fourth-order valence-electron chi connectivity index (χ4n) is 2.82. The Morgan fingerprint density at radius 1 is 1.17 bits per heavy atom. The molecule has 0 radical (unpaired) electrons. The van der Waals surface area contributed by atoms with E-state index in [-0.39, 0.29) is 16.8 Å². The molecule has 1 fully saturated rings. The summed E-state index contributed by atoms with van der Waals surface area (Å²) >= 11 is 11.1. The highest BCUT2D eigenvalue weighted by atomic mass is 35.5. The number of methoxy groups -OCH3 is 1. The van der Waals surface area contributed by atoms with Crippen LogP contribution in [-0.4, -0.2) is 30.1 Å². The van der Waals surface area contributed by atoms with Gasteiger partial charge in [-0.3, -0.25) is 19.8 Å². The quantitative estimate of drug-likeness (QED) is 0.407. The van der Waals surface area contributed by atoms with Crippen LogP contribution in [0.2, 0.25) is 5.02 Å². The van der Waals surface area contributed by atoms with Crippen LogP contribution in [0.25, 0.3) is 6.08 Å². The van der Waals surface area contributed by atoms with Gasteiger partial charge in [0.25, 0.3) is 11.8 Å². The van der Waals surface area contributed by atoms with Crippen molar-refractivity contribution in [2.24, 2.45) is 0 Å². The number of ether oxygens (including phenoxy) is 2. The van der Waals surface area contributed by atoms with Gasteiger partial charge in [0, 0.05) is 5.02 Å². The monoisotopic (exact) mass is 444 g/mol. The molecule has 2 amide bonds. The minimum Gasteiger partial charge on any atom is -0.493 e. The third-order valence-electron chi connectivity index (χ3n) is 4.59. The Morgan fingerprint density at radius 3 is 2.50 bits per heavy atom. The number of benzene rings is 2. The molecule has 30 heavy (non-hydrogen) atoms. The summed E-state index contributed by atoms with van der Waals surface area (Å²) in [6.45, 7) is 3.99. The average Bonchev–Trinajstić information content (AvgIpc) is 2.73. The molecule has 1 heterocycles. The number of halogens is 1. The predicted molar refractivity (Wildman–Crippen MR) is 121 cm³/mol. The van der Waals surface area contributed by atoms with Crippen LogP contribution in [0, 0.1) is 0 Å². The van der Waals surface area contributed by atoms with Gasteiger partial charge in [-0.15, -0.1) is 0 Å². The summed E-state index contributed by atoms with van der Waals surface area (Å²) < 4.78 is 11.3. The van der Waals surface area contributed by atoms with Gasteiger partial charge in [-0.25, -0.2) is 0 Å². The van der Waals surface area contributed by atoms with Crippen molar-refractivity contribution in [1.82, 2.24) is 5.32 Å². The first kappa shape index (κ1) is 21.8. The van der Waals surface area contributed by atoms with Crippen molar-refractivity contribution in [2.45, 2.75) is 26.4 Å². The molecule has 6 nitrogen and oxygen atoms in total. The SMILES string of the molecule is CC[C@@H](C)Oc1ccc(/C=C2\C(=O)NC(=S)N(c3ccc(Cl)cc3)C2=O)cc1OC. The number of nitrogens with zero attached hydrogens (tertiary/aromatic N) is 1. The second kappa shape index (κ2) is 9.28. The van der Waals surface area contributed by atoms with Gasteiger partial charge in [-0.05, 0) is 73.6 Å². The zero-order chi connectivity index (χ0) is 21.8. The molecule has 1 atom stereocenters. The Hall–Kier alpha value is -2.90. The van der Waals surface area contributed by atoms with E-state index in [1.807, 2.05) is 13.8 Å².